The van der Waals surface area contributed by atoms with Gasteiger partial charge in [-0.05, 0) is 25.0 Å². The third kappa shape index (κ3) is 3.00. The quantitative estimate of drug-likeness (QED) is 0.854. The lowest BCUT2D eigenvalue weighted by Crippen LogP contribution is -2.35. The van der Waals surface area contributed by atoms with Crippen molar-refractivity contribution in [3.05, 3.63) is 36.2 Å². The number of benzene rings is 1. The molecule has 0 radical (unpaired) electrons. The fourth-order valence-corrected chi connectivity index (χ4v) is 2.48. The van der Waals surface area contributed by atoms with Gasteiger partial charge in [-0.3, -0.25) is 14.8 Å². The summed E-state index contributed by atoms with van der Waals surface area (Å²) < 4.78 is 0. The molecule has 1 saturated carbocycles. The average Bonchev–Trinajstić information content (AvgIpc) is 3.31. The lowest BCUT2D eigenvalue weighted by Gasteiger charge is -2.22. The van der Waals surface area contributed by atoms with Crippen molar-refractivity contribution in [3.63, 3.8) is 0 Å². The van der Waals surface area contributed by atoms with Crippen LogP contribution < -0.4 is 5.73 Å². The molecular formula is C15H16N4OS. The van der Waals surface area contributed by atoms with Crippen molar-refractivity contribution in [3.8, 4) is 0 Å². The lowest BCUT2D eigenvalue weighted by atomic mass is 10.1. The molecular weight excluding hydrogens is 284 g/mol. The maximum absolute atomic E-state index is 12.8. The first-order valence-electron chi connectivity index (χ1n) is 6.96. The fourth-order valence-electron chi connectivity index (χ4n) is 2.39. The van der Waals surface area contributed by atoms with E-state index in [9.17, 15) is 4.79 Å². The molecule has 6 heteroatoms. The summed E-state index contributed by atoms with van der Waals surface area (Å²) in [6.45, 7) is 0.565. The molecule has 5 nitrogen and oxygen atoms in total. The molecule has 0 spiro atoms. The minimum atomic E-state index is -0.0140. The third-order valence-electron chi connectivity index (χ3n) is 3.58. The summed E-state index contributed by atoms with van der Waals surface area (Å²) in [4.78, 5) is 23.7. The number of amides is 1. The molecule has 1 aliphatic rings. The summed E-state index contributed by atoms with van der Waals surface area (Å²) >= 11 is 4.92. The first kappa shape index (κ1) is 13.9. The first-order valence-corrected chi connectivity index (χ1v) is 7.36. The number of para-hydroxylation sites is 1. The SMILES string of the molecule is NC(=S)CCN(C(=O)c1cccc2nccnc12)C1CC1. The summed E-state index contributed by atoms with van der Waals surface area (Å²) in [7, 11) is 0. The molecule has 0 aliphatic heterocycles. The fraction of sp³-hybridized carbons (Fsp3) is 0.333. The summed E-state index contributed by atoms with van der Waals surface area (Å²) in [5.41, 5.74) is 7.53. The van der Waals surface area contributed by atoms with Gasteiger partial charge in [0.25, 0.3) is 5.91 Å². The molecule has 0 atom stereocenters. The number of aromatic nitrogens is 2. The molecule has 3 rings (SSSR count). The number of nitrogens with zero attached hydrogens (tertiary/aromatic N) is 3. The van der Waals surface area contributed by atoms with Gasteiger partial charge in [0.1, 0.15) is 5.52 Å². The molecule has 2 N–H and O–H groups in total. The number of hydrogen-bond acceptors (Lipinski definition) is 4. The maximum Gasteiger partial charge on any atom is 0.256 e. The molecule has 1 fully saturated rings. The zero-order valence-corrected chi connectivity index (χ0v) is 12.3. The van der Waals surface area contributed by atoms with Gasteiger partial charge < -0.3 is 10.6 Å². The zero-order valence-electron chi connectivity index (χ0n) is 11.5. The molecule has 1 aromatic heterocycles. The smallest absolute Gasteiger partial charge is 0.256 e. The molecule has 1 heterocycles. The highest BCUT2D eigenvalue weighted by molar-refractivity contribution is 7.80. The Hall–Kier alpha value is -2.08. The number of hydrogen-bond donors (Lipinski definition) is 1. The van der Waals surface area contributed by atoms with Gasteiger partial charge in [0, 0.05) is 31.4 Å². The van der Waals surface area contributed by atoms with Crippen LogP contribution in [-0.2, 0) is 0 Å². The average molecular weight is 300 g/mol. The number of nitrogens with two attached hydrogens (primary N) is 1. The van der Waals surface area contributed by atoms with E-state index in [1.807, 2.05) is 17.0 Å². The van der Waals surface area contributed by atoms with Crippen LogP contribution in [-0.4, -0.2) is 38.4 Å². The van der Waals surface area contributed by atoms with Gasteiger partial charge in [-0.2, -0.15) is 0 Å². The van der Waals surface area contributed by atoms with Crippen molar-refractivity contribution >= 4 is 34.1 Å². The van der Waals surface area contributed by atoms with E-state index in [1.165, 1.54) is 0 Å². The normalized spacial score (nSPS) is 14.1. The van der Waals surface area contributed by atoms with Crippen molar-refractivity contribution in [1.29, 1.82) is 0 Å². The van der Waals surface area contributed by atoms with Crippen LogP contribution in [0.25, 0.3) is 11.0 Å². The van der Waals surface area contributed by atoms with Gasteiger partial charge in [-0.15, -0.1) is 0 Å². The second-order valence-electron chi connectivity index (χ2n) is 5.18. The van der Waals surface area contributed by atoms with Gasteiger partial charge in [-0.25, -0.2) is 0 Å². The van der Waals surface area contributed by atoms with Crippen molar-refractivity contribution in [1.82, 2.24) is 14.9 Å². The van der Waals surface area contributed by atoms with Gasteiger partial charge in [-0.1, -0.05) is 18.3 Å². The topological polar surface area (TPSA) is 72.1 Å². The Kier molecular flexibility index (Phi) is 3.79. The van der Waals surface area contributed by atoms with Crippen LogP contribution in [0.15, 0.2) is 30.6 Å². The van der Waals surface area contributed by atoms with Crippen molar-refractivity contribution in [2.24, 2.45) is 5.73 Å². The van der Waals surface area contributed by atoms with Crippen LogP contribution in [0.5, 0.6) is 0 Å². The van der Waals surface area contributed by atoms with Crippen LogP contribution >= 0.6 is 12.2 Å². The molecule has 0 bridgehead atoms. The molecule has 1 aliphatic carbocycles. The van der Waals surface area contributed by atoms with E-state index in [4.69, 9.17) is 18.0 Å². The van der Waals surface area contributed by atoms with E-state index in [1.54, 1.807) is 18.5 Å². The Morgan fingerprint density at radius 2 is 2.10 bits per heavy atom. The standard InChI is InChI=1S/C15H16N4OS/c16-13(21)6-9-19(10-4-5-10)15(20)11-2-1-3-12-14(11)18-8-7-17-12/h1-3,7-8,10H,4-6,9H2,(H2,16,21). The maximum atomic E-state index is 12.8. The van der Waals surface area contributed by atoms with Gasteiger partial charge >= 0.3 is 0 Å². The molecule has 108 valence electrons. The third-order valence-corrected chi connectivity index (χ3v) is 3.78. The number of carbonyl (C=O) groups excluding carboxylic acids is 1. The molecule has 1 aromatic carbocycles. The van der Waals surface area contributed by atoms with Crippen molar-refractivity contribution in [2.75, 3.05) is 6.54 Å². The Morgan fingerprint density at radius 3 is 2.81 bits per heavy atom. The minimum Gasteiger partial charge on any atom is -0.393 e. The van der Waals surface area contributed by atoms with Crippen molar-refractivity contribution < 1.29 is 4.79 Å². The Bertz CT molecular complexity index is 694. The molecule has 1 amide bonds. The van der Waals surface area contributed by atoms with E-state index < -0.39 is 0 Å². The number of thiocarbonyl (C=S) groups is 1. The van der Waals surface area contributed by atoms with Gasteiger partial charge in [0.2, 0.25) is 0 Å². The molecule has 0 unspecified atom stereocenters. The first-order chi connectivity index (χ1) is 10.2. The van der Waals surface area contributed by atoms with E-state index in [2.05, 4.69) is 9.97 Å². The molecule has 0 saturated heterocycles. The van der Waals surface area contributed by atoms with Crippen LogP contribution in [0.4, 0.5) is 0 Å². The summed E-state index contributed by atoms with van der Waals surface area (Å²) in [5.74, 6) is -0.0140. The molecule has 21 heavy (non-hydrogen) atoms. The number of rotatable bonds is 5. The largest absolute Gasteiger partial charge is 0.393 e. The minimum absolute atomic E-state index is 0.0140. The van der Waals surface area contributed by atoms with Gasteiger partial charge in [0.05, 0.1) is 16.1 Å². The van der Waals surface area contributed by atoms with Crippen LogP contribution in [0.1, 0.15) is 29.6 Å². The summed E-state index contributed by atoms with van der Waals surface area (Å²) in [5, 5.41) is 0. The van der Waals surface area contributed by atoms with Crippen LogP contribution in [0.3, 0.4) is 0 Å². The highest BCUT2D eigenvalue weighted by Crippen LogP contribution is 2.29. The highest BCUT2D eigenvalue weighted by atomic mass is 32.1. The van der Waals surface area contributed by atoms with E-state index in [-0.39, 0.29) is 5.91 Å². The Labute approximate surface area is 128 Å². The van der Waals surface area contributed by atoms with Crippen molar-refractivity contribution in [2.45, 2.75) is 25.3 Å². The number of fused-ring (bicyclic) bond motifs is 1. The second-order valence-corrected chi connectivity index (χ2v) is 5.70. The predicted octanol–water partition coefficient (Wildman–Crippen LogP) is 1.91. The lowest BCUT2D eigenvalue weighted by molar-refractivity contribution is 0.0750. The van der Waals surface area contributed by atoms with Gasteiger partial charge in [0.15, 0.2) is 0 Å². The van der Waals surface area contributed by atoms with E-state index >= 15 is 0 Å². The predicted molar refractivity (Wildman–Crippen MR) is 85.0 cm³/mol. The number of carbonyl (C=O) groups is 1. The van der Waals surface area contributed by atoms with E-state index in [0.29, 0.717) is 35.1 Å². The Morgan fingerprint density at radius 1 is 1.33 bits per heavy atom. The monoisotopic (exact) mass is 300 g/mol. The summed E-state index contributed by atoms with van der Waals surface area (Å²) in [6.07, 6.45) is 5.87. The second kappa shape index (κ2) is 5.73. The van der Waals surface area contributed by atoms with E-state index in [0.717, 1.165) is 18.4 Å². The summed E-state index contributed by atoms with van der Waals surface area (Å²) in [6, 6.07) is 5.80. The van der Waals surface area contributed by atoms with Crippen LogP contribution in [0, 0.1) is 0 Å². The van der Waals surface area contributed by atoms with Crippen LogP contribution in [0.2, 0.25) is 0 Å². The zero-order chi connectivity index (χ0) is 14.8. The highest BCUT2D eigenvalue weighted by Gasteiger charge is 2.33. The Balaban J connectivity index is 1.92. The molecule has 2 aromatic rings.